The van der Waals surface area contributed by atoms with Gasteiger partial charge in [0.15, 0.2) is 5.03 Å². The van der Waals surface area contributed by atoms with Crippen LogP contribution in [0.5, 0.6) is 0 Å². The summed E-state index contributed by atoms with van der Waals surface area (Å²) in [5, 5.41) is 12.8. The normalized spacial score (nSPS) is 9.00. The van der Waals surface area contributed by atoms with E-state index in [2.05, 4.69) is 5.29 Å². The van der Waals surface area contributed by atoms with Crippen LogP contribution < -0.4 is 5.73 Å². The number of hydrazine groups is 1. The Morgan fingerprint density at radius 2 is 2.15 bits per heavy atom. The number of likely N-dealkylation sites (N-methyl/N-ethyl adjacent to an activating group) is 1. The average molecular weight is 191 g/mol. The first-order valence-corrected chi connectivity index (χ1v) is 3.24. The van der Waals surface area contributed by atoms with Crippen molar-refractivity contribution in [2.24, 2.45) is 11.0 Å². The maximum Gasteiger partial charge on any atom is 0.337 e. The van der Waals surface area contributed by atoms with Gasteiger partial charge in [0, 0.05) is 0 Å². The number of carbonyl (C=O) groups is 1. The molecule has 74 valence electrons. The zero-order valence-corrected chi connectivity index (χ0v) is 6.91. The predicted octanol–water partition coefficient (Wildman–Crippen LogP) is -0.828. The van der Waals surface area contributed by atoms with E-state index in [-0.39, 0.29) is 13.1 Å². The molecule has 0 aliphatic carbocycles. The fraction of sp³-hybridized carbons (Fsp3) is 0.750. The van der Waals surface area contributed by atoms with Crippen LogP contribution in [0.25, 0.3) is 0 Å². The van der Waals surface area contributed by atoms with Gasteiger partial charge in [0.1, 0.15) is 0 Å². The Balaban J connectivity index is 3.92. The zero-order chi connectivity index (χ0) is 10.4. The van der Waals surface area contributed by atoms with Gasteiger partial charge in [-0.05, 0) is 0 Å². The third kappa shape index (κ3) is 3.84. The monoisotopic (exact) mass is 191 g/mol. The molecule has 0 rings (SSSR count). The van der Waals surface area contributed by atoms with Crippen molar-refractivity contribution >= 4 is 6.03 Å². The van der Waals surface area contributed by atoms with E-state index in [1.807, 2.05) is 0 Å². The molecule has 0 aromatic carbocycles. The van der Waals surface area contributed by atoms with Gasteiger partial charge in [0.2, 0.25) is 0 Å². The van der Waals surface area contributed by atoms with Gasteiger partial charge in [0.05, 0.1) is 25.4 Å². The molecule has 9 heteroatoms. The number of rotatable bonds is 5. The third-order valence-electron chi connectivity index (χ3n) is 1.27. The van der Waals surface area contributed by atoms with E-state index in [0.29, 0.717) is 10.0 Å². The average Bonchev–Trinajstić information content (AvgIpc) is 2.04. The second kappa shape index (κ2) is 4.85. The van der Waals surface area contributed by atoms with E-state index in [1.54, 1.807) is 0 Å². The van der Waals surface area contributed by atoms with Crippen molar-refractivity contribution in [2.75, 3.05) is 20.1 Å². The fourth-order valence-corrected chi connectivity index (χ4v) is 0.512. The Labute approximate surface area is 73.1 Å². The molecule has 0 atom stereocenters. The number of nitro groups is 1. The molecule has 0 aromatic heterocycles. The second-order valence-corrected chi connectivity index (χ2v) is 2.16. The molecule has 0 unspecified atom stereocenters. The highest BCUT2D eigenvalue weighted by atomic mass is 16.7. The minimum atomic E-state index is -1.04. The Hall–Kier alpha value is -1.93. The van der Waals surface area contributed by atoms with Crippen molar-refractivity contribution in [1.29, 1.82) is 0 Å². The van der Waals surface area contributed by atoms with Crippen LogP contribution in [0, 0.1) is 15.0 Å². The highest BCUT2D eigenvalue weighted by Crippen LogP contribution is 1.90. The summed E-state index contributed by atoms with van der Waals surface area (Å²) in [7, 11) is 1.20. The summed E-state index contributed by atoms with van der Waals surface area (Å²) < 4.78 is 0. The molecule has 2 N–H and O–H groups in total. The lowest BCUT2D eigenvalue weighted by molar-refractivity contribution is -0.648. The number of hydrogen-bond donors (Lipinski definition) is 1. The third-order valence-corrected chi connectivity index (χ3v) is 1.27. The van der Waals surface area contributed by atoms with Crippen LogP contribution in [0.15, 0.2) is 5.29 Å². The lowest BCUT2D eigenvalue weighted by Crippen LogP contribution is -2.38. The summed E-state index contributed by atoms with van der Waals surface area (Å²) in [4.78, 5) is 30.4. The van der Waals surface area contributed by atoms with Gasteiger partial charge < -0.3 is 5.73 Å². The van der Waals surface area contributed by atoms with Crippen LogP contribution in [0.4, 0.5) is 4.79 Å². The Kier molecular flexibility index (Phi) is 4.13. The maximum atomic E-state index is 10.4. The van der Waals surface area contributed by atoms with Crippen LogP contribution >= 0.6 is 0 Å². The molecule has 0 aromatic rings. The van der Waals surface area contributed by atoms with Gasteiger partial charge in [0.25, 0.3) is 0 Å². The Morgan fingerprint density at radius 1 is 1.62 bits per heavy atom. The lowest BCUT2D eigenvalue weighted by Gasteiger charge is -2.12. The topological polar surface area (TPSA) is 122 Å². The first-order valence-electron chi connectivity index (χ1n) is 3.24. The number of nitrogens with zero attached hydrogens (tertiary/aromatic N) is 4. The van der Waals surface area contributed by atoms with E-state index in [4.69, 9.17) is 5.73 Å². The SMILES string of the molecule is CN(CCN(N=O)C(N)=O)[N+](=O)[O-]. The van der Waals surface area contributed by atoms with E-state index < -0.39 is 11.1 Å². The highest BCUT2D eigenvalue weighted by Gasteiger charge is 2.13. The van der Waals surface area contributed by atoms with Crippen molar-refractivity contribution < 1.29 is 9.83 Å². The predicted molar refractivity (Wildman–Crippen MR) is 41.7 cm³/mol. The summed E-state index contributed by atoms with van der Waals surface area (Å²) >= 11 is 0. The summed E-state index contributed by atoms with van der Waals surface area (Å²) in [6, 6.07) is -1.04. The van der Waals surface area contributed by atoms with Gasteiger partial charge in [-0.2, -0.15) is 5.01 Å². The van der Waals surface area contributed by atoms with Crippen molar-refractivity contribution in [3.05, 3.63) is 15.0 Å². The van der Waals surface area contributed by atoms with Crippen molar-refractivity contribution in [1.82, 2.24) is 10.0 Å². The first kappa shape index (κ1) is 11.1. The van der Waals surface area contributed by atoms with E-state index in [1.165, 1.54) is 7.05 Å². The minimum absolute atomic E-state index is 0.123. The van der Waals surface area contributed by atoms with Crippen molar-refractivity contribution in [2.45, 2.75) is 0 Å². The van der Waals surface area contributed by atoms with Crippen LogP contribution in [-0.4, -0.2) is 41.2 Å². The molecular weight excluding hydrogens is 182 g/mol. The molecule has 0 aliphatic heterocycles. The number of amides is 2. The first-order chi connectivity index (χ1) is 5.99. The standard InChI is InChI=1S/C4H9N5O4/c1-7(9(12)13)2-3-8(6-11)4(5)10/h2-3H2,1H3,(H2,5,10). The molecule has 2 amide bonds. The number of hydrogen-bond acceptors (Lipinski definition) is 5. The van der Waals surface area contributed by atoms with Gasteiger partial charge in [-0.15, -0.1) is 9.92 Å². The molecule has 0 aliphatic rings. The second-order valence-electron chi connectivity index (χ2n) is 2.16. The number of nitrogens with two attached hydrogens (primary N) is 1. The van der Waals surface area contributed by atoms with Gasteiger partial charge in [-0.25, -0.2) is 14.9 Å². The lowest BCUT2D eigenvalue weighted by atomic mass is 10.6. The summed E-state index contributed by atoms with van der Waals surface area (Å²) in [6.07, 6.45) is 0. The molecule has 9 nitrogen and oxygen atoms in total. The van der Waals surface area contributed by atoms with E-state index in [0.717, 1.165) is 0 Å². The van der Waals surface area contributed by atoms with Crippen molar-refractivity contribution in [3.8, 4) is 0 Å². The molecule has 0 fully saturated rings. The summed E-state index contributed by atoms with van der Waals surface area (Å²) in [6.45, 7) is -0.335. The zero-order valence-electron chi connectivity index (χ0n) is 6.91. The Morgan fingerprint density at radius 3 is 2.46 bits per heavy atom. The van der Waals surface area contributed by atoms with Gasteiger partial charge in [-0.3, -0.25) is 0 Å². The van der Waals surface area contributed by atoms with Crippen LogP contribution in [0.3, 0.4) is 0 Å². The Bertz CT molecular complexity index is 219. The smallest absolute Gasteiger partial charge is 0.337 e. The van der Waals surface area contributed by atoms with Gasteiger partial charge >= 0.3 is 6.03 Å². The fourth-order valence-electron chi connectivity index (χ4n) is 0.512. The minimum Gasteiger partial charge on any atom is -0.350 e. The molecule has 13 heavy (non-hydrogen) atoms. The van der Waals surface area contributed by atoms with Crippen LogP contribution in [0.1, 0.15) is 0 Å². The van der Waals surface area contributed by atoms with Gasteiger partial charge in [-0.1, -0.05) is 0 Å². The highest BCUT2D eigenvalue weighted by molar-refractivity contribution is 5.71. The summed E-state index contributed by atoms with van der Waals surface area (Å²) in [5.41, 5.74) is 4.71. The molecule has 0 saturated heterocycles. The molecular formula is C4H9N5O4. The molecule has 0 spiro atoms. The summed E-state index contributed by atoms with van der Waals surface area (Å²) in [5.74, 6) is 0. The number of urea groups is 1. The van der Waals surface area contributed by atoms with Crippen molar-refractivity contribution in [3.63, 3.8) is 0 Å². The van der Waals surface area contributed by atoms with Crippen LogP contribution in [0.2, 0.25) is 0 Å². The largest absolute Gasteiger partial charge is 0.350 e. The number of carbonyl (C=O) groups excluding carboxylic acids is 1. The molecule has 0 bridgehead atoms. The molecule has 0 radical (unpaired) electrons. The van der Waals surface area contributed by atoms with E-state index >= 15 is 0 Å². The maximum absolute atomic E-state index is 10.4. The number of primary amides is 1. The quantitative estimate of drug-likeness (QED) is 0.345. The molecule has 0 heterocycles. The molecule has 0 saturated carbocycles. The number of nitroso groups, excluding NO2 is 1. The van der Waals surface area contributed by atoms with Crippen LogP contribution in [-0.2, 0) is 0 Å². The van der Waals surface area contributed by atoms with E-state index in [9.17, 15) is 19.8 Å².